The molecule has 1 saturated heterocycles. The number of benzene rings is 1. The van der Waals surface area contributed by atoms with Gasteiger partial charge in [0.1, 0.15) is 17.2 Å². The first-order valence-electron chi connectivity index (χ1n) is 12.7. The minimum absolute atomic E-state index is 0.00854. The maximum atomic E-state index is 13.5. The van der Waals surface area contributed by atoms with Crippen LogP contribution in [0.2, 0.25) is 0 Å². The van der Waals surface area contributed by atoms with Gasteiger partial charge in [0.2, 0.25) is 0 Å². The maximum Gasteiger partial charge on any atom is 0.350 e. The number of ketones is 1. The van der Waals surface area contributed by atoms with Gasteiger partial charge < -0.3 is 19.3 Å². The van der Waals surface area contributed by atoms with Gasteiger partial charge >= 0.3 is 11.9 Å². The third-order valence-electron chi connectivity index (χ3n) is 5.95. The van der Waals surface area contributed by atoms with Crippen LogP contribution < -0.4 is 14.4 Å². The summed E-state index contributed by atoms with van der Waals surface area (Å²) >= 11 is 0.921. The number of aliphatic hydroxyl groups excluding tert-OH is 1. The van der Waals surface area contributed by atoms with E-state index in [-0.39, 0.29) is 27.9 Å². The summed E-state index contributed by atoms with van der Waals surface area (Å²) < 4.78 is 16.8. The standard InChI is InChI=1S/C29H29N3O7S/c1-5-14-38-20-9-8-19(16-21(20)37-7-3)23-22(24(33)18-10-12-30-13-11-18)25(34)27(35)32(23)29-31-17(4)26(40-29)28(36)39-15-6-2/h6,8-13,16,23,33H,2,5,7,14-15H2,1,3-4H3. The van der Waals surface area contributed by atoms with Crippen LogP contribution >= 0.6 is 11.3 Å². The van der Waals surface area contributed by atoms with Crippen molar-refractivity contribution in [1.82, 2.24) is 9.97 Å². The zero-order valence-electron chi connectivity index (χ0n) is 22.4. The van der Waals surface area contributed by atoms with Crippen molar-refractivity contribution in [3.63, 3.8) is 0 Å². The molecular formula is C29H29N3O7S. The predicted molar refractivity (Wildman–Crippen MR) is 150 cm³/mol. The number of esters is 1. The highest BCUT2D eigenvalue weighted by Crippen LogP contribution is 2.45. The number of hydrogen-bond donors (Lipinski definition) is 1. The fourth-order valence-electron chi connectivity index (χ4n) is 4.18. The first-order chi connectivity index (χ1) is 19.3. The molecule has 3 aromatic rings. The highest BCUT2D eigenvalue weighted by molar-refractivity contribution is 7.17. The molecule has 3 heterocycles. The molecule has 0 radical (unpaired) electrons. The topological polar surface area (TPSA) is 128 Å². The number of amides is 1. The molecular weight excluding hydrogens is 534 g/mol. The Morgan fingerprint density at radius 1 is 1.15 bits per heavy atom. The minimum Gasteiger partial charge on any atom is -0.507 e. The Labute approximate surface area is 235 Å². The Kier molecular flexibility index (Phi) is 8.95. The highest BCUT2D eigenvalue weighted by atomic mass is 32.1. The van der Waals surface area contributed by atoms with Gasteiger partial charge in [0.05, 0.1) is 30.5 Å². The lowest BCUT2D eigenvalue weighted by Crippen LogP contribution is -2.29. The normalized spacial score (nSPS) is 16.2. The highest BCUT2D eigenvalue weighted by Gasteiger charge is 2.48. The van der Waals surface area contributed by atoms with E-state index in [4.69, 9.17) is 14.2 Å². The molecule has 11 heteroatoms. The summed E-state index contributed by atoms with van der Waals surface area (Å²) in [4.78, 5) is 49.4. The van der Waals surface area contributed by atoms with Crippen molar-refractivity contribution in [3.05, 3.63) is 82.7 Å². The Hall–Kier alpha value is -4.51. The fraction of sp³-hybridized carbons (Fsp3) is 0.276. The number of aryl methyl sites for hydroxylation is 1. The summed E-state index contributed by atoms with van der Waals surface area (Å²) in [6, 6.07) is 7.08. The summed E-state index contributed by atoms with van der Waals surface area (Å²) in [6.45, 7) is 9.80. The molecule has 1 amide bonds. The molecule has 0 saturated carbocycles. The molecule has 10 nitrogen and oxygen atoms in total. The number of Topliss-reactive ketones (excluding diaryl/α,β-unsaturated/α-hetero) is 1. The second-order valence-corrected chi connectivity index (χ2v) is 9.67. The molecule has 1 fully saturated rings. The van der Waals surface area contributed by atoms with E-state index in [1.165, 1.54) is 35.5 Å². The van der Waals surface area contributed by atoms with E-state index in [1.807, 2.05) is 13.8 Å². The van der Waals surface area contributed by atoms with E-state index in [9.17, 15) is 19.5 Å². The lowest BCUT2D eigenvalue weighted by atomic mass is 9.95. The predicted octanol–water partition coefficient (Wildman–Crippen LogP) is 5.00. The first-order valence-corrected chi connectivity index (χ1v) is 13.5. The third-order valence-corrected chi connectivity index (χ3v) is 7.09. The van der Waals surface area contributed by atoms with Gasteiger partial charge in [0.25, 0.3) is 5.78 Å². The number of hydrogen-bond acceptors (Lipinski definition) is 10. The van der Waals surface area contributed by atoms with Crippen molar-refractivity contribution in [2.45, 2.75) is 33.2 Å². The molecule has 1 aliphatic rings. The number of carbonyl (C=O) groups is 3. The second kappa shape index (κ2) is 12.6. The molecule has 0 spiro atoms. The van der Waals surface area contributed by atoms with Crippen LogP contribution in [0.25, 0.3) is 5.76 Å². The third kappa shape index (κ3) is 5.59. The first kappa shape index (κ1) is 28.5. The molecule has 1 aromatic carbocycles. The van der Waals surface area contributed by atoms with Crippen LogP contribution in [0.3, 0.4) is 0 Å². The lowest BCUT2D eigenvalue weighted by molar-refractivity contribution is -0.132. The molecule has 2 aromatic heterocycles. The van der Waals surface area contributed by atoms with E-state index < -0.39 is 23.7 Å². The van der Waals surface area contributed by atoms with E-state index in [0.29, 0.717) is 41.5 Å². The summed E-state index contributed by atoms with van der Waals surface area (Å²) in [5, 5.41) is 11.4. The Morgan fingerprint density at radius 2 is 1.90 bits per heavy atom. The van der Waals surface area contributed by atoms with Crippen LogP contribution in [-0.2, 0) is 14.3 Å². The van der Waals surface area contributed by atoms with E-state index in [2.05, 4.69) is 16.5 Å². The fourth-order valence-corrected chi connectivity index (χ4v) is 5.17. The van der Waals surface area contributed by atoms with Crippen LogP contribution in [0.15, 0.2) is 61.0 Å². The maximum absolute atomic E-state index is 13.5. The number of nitrogens with zero attached hydrogens (tertiary/aromatic N) is 3. The zero-order valence-corrected chi connectivity index (χ0v) is 23.2. The van der Waals surface area contributed by atoms with Gasteiger partial charge in [-0.2, -0.15) is 0 Å². The van der Waals surface area contributed by atoms with Gasteiger partial charge in [-0.15, -0.1) is 0 Å². The van der Waals surface area contributed by atoms with E-state index >= 15 is 0 Å². The molecule has 1 N–H and O–H groups in total. The van der Waals surface area contributed by atoms with Gasteiger partial charge in [0.15, 0.2) is 16.6 Å². The van der Waals surface area contributed by atoms with Crippen LogP contribution in [0, 0.1) is 6.92 Å². The Bertz CT molecular complexity index is 1470. The van der Waals surface area contributed by atoms with E-state index in [1.54, 1.807) is 25.1 Å². The van der Waals surface area contributed by atoms with Crippen molar-refractivity contribution < 1.29 is 33.7 Å². The molecule has 4 rings (SSSR count). The number of pyridine rings is 1. The van der Waals surface area contributed by atoms with Crippen LogP contribution in [-0.4, -0.2) is 52.6 Å². The van der Waals surface area contributed by atoms with Gasteiger partial charge in [0, 0.05) is 18.0 Å². The average molecular weight is 564 g/mol. The monoisotopic (exact) mass is 563 g/mol. The van der Waals surface area contributed by atoms with Crippen LogP contribution in [0.4, 0.5) is 5.13 Å². The largest absolute Gasteiger partial charge is 0.507 e. The summed E-state index contributed by atoms with van der Waals surface area (Å²) in [6.07, 6.45) is 5.17. The van der Waals surface area contributed by atoms with Gasteiger partial charge in [-0.25, -0.2) is 9.78 Å². The van der Waals surface area contributed by atoms with Gasteiger partial charge in [-0.1, -0.05) is 37.0 Å². The van der Waals surface area contributed by atoms with E-state index in [0.717, 1.165) is 17.8 Å². The van der Waals surface area contributed by atoms with Crippen molar-refractivity contribution in [2.75, 3.05) is 24.7 Å². The summed E-state index contributed by atoms with van der Waals surface area (Å²) in [5.74, 6) is -1.85. The minimum atomic E-state index is -1.07. The van der Waals surface area contributed by atoms with Crippen molar-refractivity contribution in [1.29, 1.82) is 0 Å². The van der Waals surface area contributed by atoms with Crippen molar-refractivity contribution in [3.8, 4) is 11.5 Å². The molecule has 1 atom stereocenters. The van der Waals surface area contributed by atoms with Crippen LogP contribution in [0.1, 0.15) is 52.8 Å². The number of carbonyl (C=O) groups excluding carboxylic acids is 3. The lowest BCUT2D eigenvalue weighted by Gasteiger charge is -2.24. The number of aliphatic hydroxyl groups is 1. The summed E-state index contributed by atoms with van der Waals surface area (Å²) in [7, 11) is 0. The Balaban J connectivity index is 1.90. The number of ether oxygens (including phenoxy) is 3. The van der Waals surface area contributed by atoms with Crippen molar-refractivity contribution in [2.24, 2.45) is 0 Å². The summed E-state index contributed by atoms with van der Waals surface area (Å²) in [5.41, 5.74) is 0.993. The molecule has 0 aliphatic carbocycles. The van der Waals surface area contributed by atoms with Crippen LogP contribution in [0.5, 0.6) is 11.5 Å². The second-order valence-electron chi connectivity index (χ2n) is 8.69. The van der Waals surface area contributed by atoms with Gasteiger partial charge in [-0.3, -0.25) is 19.5 Å². The number of rotatable bonds is 11. The quantitative estimate of drug-likeness (QED) is 0.113. The molecule has 1 aliphatic heterocycles. The zero-order chi connectivity index (χ0) is 28.8. The van der Waals surface area contributed by atoms with Crippen molar-refractivity contribution >= 4 is 39.9 Å². The molecule has 1 unspecified atom stereocenters. The molecule has 40 heavy (non-hydrogen) atoms. The number of anilines is 1. The smallest absolute Gasteiger partial charge is 0.350 e. The number of thiazole rings is 1. The number of aromatic nitrogens is 2. The van der Waals surface area contributed by atoms with Gasteiger partial charge in [-0.05, 0) is 50.1 Å². The molecule has 0 bridgehead atoms. The SMILES string of the molecule is C=CCOC(=O)c1sc(N2C(=O)C(=O)C(=C(O)c3ccncc3)C2c2ccc(OCCC)c(OCC)c2)nc1C. The molecule has 208 valence electrons. The average Bonchev–Trinajstić information content (AvgIpc) is 3.47. The Morgan fingerprint density at radius 3 is 2.58 bits per heavy atom.